The second-order valence-corrected chi connectivity index (χ2v) is 7.69. The van der Waals surface area contributed by atoms with Gasteiger partial charge in [0.25, 0.3) is 5.91 Å². The normalized spacial score (nSPS) is 19.9. The number of nitrogens with zero attached hydrogens (tertiary/aromatic N) is 1. The molecule has 1 aliphatic rings. The molecule has 1 aliphatic heterocycles. The molecule has 3 aromatic rings. The minimum atomic E-state index is -0.415. The lowest BCUT2D eigenvalue weighted by Gasteiger charge is -2.38. The van der Waals surface area contributed by atoms with Crippen LogP contribution in [0.4, 0.5) is 0 Å². The summed E-state index contributed by atoms with van der Waals surface area (Å²) in [5.41, 5.74) is 1.53. The van der Waals surface area contributed by atoms with Crippen molar-refractivity contribution in [2.45, 2.75) is 51.6 Å². The summed E-state index contributed by atoms with van der Waals surface area (Å²) in [6.07, 6.45) is 4.82. The van der Waals surface area contributed by atoms with Crippen molar-refractivity contribution in [2.24, 2.45) is 0 Å². The molecule has 0 radical (unpaired) electrons. The van der Waals surface area contributed by atoms with E-state index in [2.05, 4.69) is 13.8 Å². The van der Waals surface area contributed by atoms with Crippen LogP contribution >= 0.6 is 0 Å². The van der Waals surface area contributed by atoms with Crippen molar-refractivity contribution >= 4 is 33.6 Å². The van der Waals surface area contributed by atoms with Crippen molar-refractivity contribution in [1.29, 1.82) is 0 Å². The first kappa shape index (κ1) is 18.5. The number of furan rings is 1. The van der Waals surface area contributed by atoms with Crippen LogP contribution in [0.2, 0.25) is 0 Å². The maximum atomic E-state index is 12.5. The van der Waals surface area contributed by atoms with E-state index in [1.54, 1.807) is 6.26 Å². The molecule has 0 spiro atoms. The third-order valence-corrected chi connectivity index (χ3v) is 5.71. The van der Waals surface area contributed by atoms with E-state index >= 15 is 0 Å². The molecule has 2 heterocycles. The van der Waals surface area contributed by atoms with E-state index in [4.69, 9.17) is 9.15 Å². The van der Waals surface area contributed by atoms with Crippen molar-refractivity contribution in [3.05, 3.63) is 48.2 Å². The number of piperidine rings is 1. The molecule has 0 unspecified atom stereocenters. The fraction of sp³-hybridized carbons (Fsp3) is 0.391. The van der Waals surface area contributed by atoms with Gasteiger partial charge in [0.2, 0.25) is 0 Å². The molecular weight excluding hydrogens is 354 g/mol. The molecule has 5 heteroatoms. The molecule has 0 saturated carbocycles. The number of rotatable bonds is 4. The monoisotopic (exact) mass is 379 g/mol. The molecule has 0 N–H and O–H groups in total. The quantitative estimate of drug-likeness (QED) is 0.628. The standard InChI is InChI=1S/C23H25NO4/c1-15-6-5-7-16(2)24(15)21(25)14-28-22(26)12-18-13-27-20-11-10-17-8-3-4-9-19(17)23(18)20/h3-4,8-11,13,15-16H,5-7,12,14H2,1-2H3/t15-,16+. The Labute approximate surface area is 164 Å². The van der Waals surface area contributed by atoms with E-state index in [1.165, 1.54) is 0 Å². The number of amides is 1. The zero-order chi connectivity index (χ0) is 19.7. The fourth-order valence-electron chi connectivity index (χ4n) is 4.34. The van der Waals surface area contributed by atoms with Crippen LogP contribution in [0.15, 0.2) is 47.1 Å². The number of likely N-dealkylation sites (tertiary alicyclic amines) is 1. The number of esters is 1. The van der Waals surface area contributed by atoms with E-state index in [9.17, 15) is 9.59 Å². The molecule has 4 rings (SSSR count). The van der Waals surface area contributed by atoms with Crippen molar-refractivity contribution in [2.75, 3.05) is 6.61 Å². The molecule has 1 fully saturated rings. The summed E-state index contributed by atoms with van der Waals surface area (Å²) in [6.45, 7) is 3.90. The van der Waals surface area contributed by atoms with Gasteiger partial charge in [0.1, 0.15) is 5.58 Å². The third-order valence-electron chi connectivity index (χ3n) is 5.71. The summed E-state index contributed by atoms with van der Waals surface area (Å²) in [4.78, 5) is 26.8. The van der Waals surface area contributed by atoms with Gasteiger partial charge >= 0.3 is 5.97 Å². The largest absolute Gasteiger partial charge is 0.464 e. The topological polar surface area (TPSA) is 59.8 Å². The van der Waals surface area contributed by atoms with E-state index in [-0.39, 0.29) is 31.0 Å². The van der Waals surface area contributed by atoms with Gasteiger partial charge in [-0.25, -0.2) is 0 Å². The molecule has 28 heavy (non-hydrogen) atoms. The lowest BCUT2D eigenvalue weighted by molar-refractivity contribution is -0.154. The fourth-order valence-corrected chi connectivity index (χ4v) is 4.34. The Hall–Kier alpha value is -2.82. The molecule has 146 valence electrons. The predicted molar refractivity (Wildman–Crippen MR) is 108 cm³/mol. The van der Waals surface area contributed by atoms with Gasteiger partial charge in [-0.3, -0.25) is 9.59 Å². The highest BCUT2D eigenvalue weighted by Gasteiger charge is 2.29. The van der Waals surface area contributed by atoms with Gasteiger partial charge in [-0.15, -0.1) is 0 Å². The van der Waals surface area contributed by atoms with Gasteiger partial charge in [0.05, 0.1) is 12.7 Å². The van der Waals surface area contributed by atoms with Crippen LogP contribution in [0, 0.1) is 0 Å². The van der Waals surface area contributed by atoms with Crippen LogP contribution in [-0.4, -0.2) is 35.5 Å². The second-order valence-electron chi connectivity index (χ2n) is 7.69. The molecule has 1 aromatic heterocycles. The van der Waals surface area contributed by atoms with Gasteiger partial charge in [-0.1, -0.05) is 30.3 Å². The highest BCUT2D eigenvalue weighted by atomic mass is 16.5. The molecule has 1 saturated heterocycles. The van der Waals surface area contributed by atoms with E-state index in [1.807, 2.05) is 41.3 Å². The maximum absolute atomic E-state index is 12.5. The lowest BCUT2D eigenvalue weighted by atomic mass is 9.97. The van der Waals surface area contributed by atoms with Crippen LogP contribution in [-0.2, 0) is 20.7 Å². The molecule has 0 aliphatic carbocycles. The number of ether oxygens (including phenoxy) is 1. The van der Waals surface area contributed by atoms with Crippen molar-refractivity contribution in [1.82, 2.24) is 4.90 Å². The predicted octanol–water partition coefficient (Wildman–Crippen LogP) is 4.46. The SMILES string of the molecule is C[C@@H]1CCC[C@H](C)N1C(=O)COC(=O)Cc1coc2ccc3ccccc3c12. The van der Waals surface area contributed by atoms with Crippen LogP contribution in [0.3, 0.4) is 0 Å². The number of carbonyl (C=O) groups excluding carboxylic acids is 2. The van der Waals surface area contributed by atoms with Crippen molar-refractivity contribution in [3.8, 4) is 0 Å². The number of hydrogen-bond donors (Lipinski definition) is 0. The summed E-state index contributed by atoms with van der Waals surface area (Å²) < 4.78 is 10.9. The second kappa shape index (κ2) is 7.66. The zero-order valence-electron chi connectivity index (χ0n) is 16.3. The highest BCUT2D eigenvalue weighted by molar-refractivity contribution is 6.08. The molecule has 5 nitrogen and oxygen atoms in total. The van der Waals surface area contributed by atoms with Crippen LogP contribution in [0.25, 0.3) is 21.7 Å². The minimum absolute atomic E-state index is 0.0827. The van der Waals surface area contributed by atoms with Gasteiger partial charge in [0.15, 0.2) is 6.61 Å². The Morgan fingerprint density at radius 1 is 1.11 bits per heavy atom. The van der Waals surface area contributed by atoms with E-state index in [0.29, 0.717) is 0 Å². The maximum Gasteiger partial charge on any atom is 0.310 e. The van der Waals surface area contributed by atoms with Crippen molar-refractivity contribution in [3.63, 3.8) is 0 Å². The van der Waals surface area contributed by atoms with Gasteiger partial charge in [-0.05, 0) is 49.9 Å². The van der Waals surface area contributed by atoms with Gasteiger partial charge in [-0.2, -0.15) is 0 Å². The van der Waals surface area contributed by atoms with Crippen LogP contribution in [0.5, 0.6) is 0 Å². The Bertz CT molecular complexity index is 1010. The average molecular weight is 379 g/mol. The summed E-state index contributed by atoms with van der Waals surface area (Å²) >= 11 is 0. The molecular formula is C23H25NO4. The van der Waals surface area contributed by atoms with Gasteiger partial charge < -0.3 is 14.1 Å². The van der Waals surface area contributed by atoms with E-state index in [0.717, 1.165) is 46.6 Å². The third kappa shape index (κ3) is 3.49. The Balaban J connectivity index is 1.46. The highest BCUT2D eigenvalue weighted by Crippen LogP contribution is 2.30. The Morgan fingerprint density at radius 3 is 2.64 bits per heavy atom. The smallest absolute Gasteiger partial charge is 0.310 e. The minimum Gasteiger partial charge on any atom is -0.464 e. The first-order valence-electron chi connectivity index (χ1n) is 9.89. The Morgan fingerprint density at radius 2 is 1.86 bits per heavy atom. The number of carbonyl (C=O) groups is 2. The number of fused-ring (bicyclic) bond motifs is 3. The van der Waals surface area contributed by atoms with Crippen LogP contribution in [0.1, 0.15) is 38.7 Å². The van der Waals surface area contributed by atoms with Crippen molar-refractivity contribution < 1.29 is 18.7 Å². The lowest BCUT2D eigenvalue weighted by Crippen LogP contribution is -2.49. The summed E-state index contributed by atoms with van der Waals surface area (Å²) in [7, 11) is 0. The first-order chi connectivity index (χ1) is 13.5. The summed E-state index contributed by atoms with van der Waals surface area (Å²) in [5, 5.41) is 3.07. The molecule has 2 aromatic carbocycles. The molecule has 0 bridgehead atoms. The number of hydrogen-bond acceptors (Lipinski definition) is 4. The molecule has 1 amide bonds. The average Bonchev–Trinajstić information content (AvgIpc) is 3.09. The van der Waals surface area contributed by atoms with Crippen LogP contribution < -0.4 is 0 Å². The summed E-state index contributed by atoms with van der Waals surface area (Å²) in [5.74, 6) is -0.531. The van der Waals surface area contributed by atoms with E-state index < -0.39 is 5.97 Å². The first-order valence-corrected chi connectivity index (χ1v) is 9.89. The summed E-state index contributed by atoms with van der Waals surface area (Å²) in [6, 6.07) is 12.3. The molecule has 2 atom stereocenters. The van der Waals surface area contributed by atoms with Gasteiger partial charge in [0, 0.05) is 23.0 Å². The number of benzene rings is 2. The Kier molecular flexibility index (Phi) is 5.07. The zero-order valence-corrected chi connectivity index (χ0v) is 16.3.